The summed E-state index contributed by atoms with van der Waals surface area (Å²) < 4.78 is 14.9. The number of aliphatic carboxylic acids is 1. The second-order valence-electron chi connectivity index (χ2n) is 7.41. The average molecular weight is 369 g/mol. The van der Waals surface area contributed by atoms with E-state index >= 15 is 0 Å². The molecule has 2 rings (SSSR count). The quantitative estimate of drug-likeness (QED) is 0.632. The monoisotopic (exact) mass is 369 g/mol. The molecule has 0 heterocycles. The summed E-state index contributed by atoms with van der Waals surface area (Å²) >= 11 is 0. The number of carboxylic acid groups (broad SMARTS) is 1. The Morgan fingerprint density at radius 1 is 1.07 bits per heavy atom. The molecule has 0 fully saturated rings. The van der Waals surface area contributed by atoms with Crippen LogP contribution in [0.15, 0.2) is 23.8 Å². The minimum Gasteiger partial charge on any atom is -0.478 e. The van der Waals surface area contributed by atoms with Crippen molar-refractivity contribution in [2.45, 2.75) is 54.5 Å². The lowest BCUT2D eigenvalue weighted by Crippen LogP contribution is -2.10. The first-order valence-corrected chi connectivity index (χ1v) is 9.13. The molecule has 2 aromatic rings. The van der Waals surface area contributed by atoms with E-state index in [4.69, 9.17) is 0 Å². The number of hydrogen-bond acceptors (Lipinski definition) is 2. The smallest absolute Gasteiger partial charge is 0.331 e. The van der Waals surface area contributed by atoms with Crippen LogP contribution in [0.5, 0.6) is 0 Å². The van der Waals surface area contributed by atoms with Crippen LogP contribution in [0.3, 0.4) is 0 Å². The topological polar surface area (TPSA) is 49.3 Å². The van der Waals surface area contributed by atoms with Gasteiger partial charge in [-0.1, -0.05) is 0 Å². The number of carbonyl (C=O) groups is 1. The molecule has 144 valence electrons. The molecule has 0 aliphatic rings. The first kappa shape index (κ1) is 20.7. The molecular formula is C23H28FNO2. The van der Waals surface area contributed by atoms with Gasteiger partial charge in [-0.3, -0.25) is 0 Å². The SMILES string of the molecule is C/C(=C\c1c(C)c(C)c(-c2ccc(NC(C)C)cc2F)c(C)c1C)C(=O)O. The molecule has 0 amide bonds. The van der Waals surface area contributed by atoms with Crippen molar-refractivity contribution in [3.63, 3.8) is 0 Å². The van der Waals surface area contributed by atoms with E-state index in [-0.39, 0.29) is 17.4 Å². The van der Waals surface area contributed by atoms with Gasteiger partial charge in [-0.05, 0) is 106 Å². The third kappa shape index (κ3) is 4.21. The normalized spacial score (nSPS) is 11.8. The van der Waals surface area contributed by atoms with E-state index in [1.54, 1.807) is 13.0 Å². The summed E-state index contributed by atoms with van der Waals surface area (Å²) in [6.07, 6.45) is 1.70. The fourth-order valence-corrected chi connectivity index (χ4v) is 3.38. The molecule has 3 nitrogen and oxygen atoms in total. The standard InChI is InChI=1S/C23H28FNO2/c1-12(2)25-18-8-9-19(21(24)11-18)22-16(6)14(4)20(15(5)17(22)7)10-13(3)23(26)27/h8-12,25H,1-7H3,(H,26,27)/b13-10+. The number of carboxylic acids is 1. The molecule has 2 aromatic carbocycles. The summed E-state index contributed by atoms with van der Waals surface area (Å²) in [4.78, 5) is 11.2. The predicted octanol–water partition coefficient (Wildman–Crippen LogP) is 6.03. The van der Waals surface area contributed by atoms with Gasteiger partial charge in [0.25, 0.3) is 0 Å². The van der Waals surface area contributed by atoms with Crippen molar-refractivity contribution < 1.29 is 14.3 Å². The van der Waals surface area contributed by atoms with Gasteiger partial charge in [-0.25, -0.2) is 9.18 Å². The van der Waals surface area contributed by atoms with Crippen molar-refractivity contribution in [1.82, 2.24) is 0 Å². The van der Waals surface area contributed by atoms with Gasteiger partial charge >= 0.3 is 5.97 Å². The molecule has 2 N–H and O–H groups in total. The lowest BCUT2D eigenvalue weighted by Gasteiger charge is -2.20. The van der Waals surface area contributed by atoms with E-state index < -0.39 is 5.97 Å². The molecule has 0 aliphatic heterocycles. The molecule has 0 saturated carbocycles. The predicted molar refractivity (Wildman–Crippen MR) is 111 cm³/mol. The highest BCUT2D eigenvalue weighted by molar-refractivity contribution is 5.92. The van der Waals surface area contributed by atoms with Gasteiger partial charge < -0.3 is 10.4 Å². The number of hydrogen-bond donors (Lipinski definition) is 2. The van der Waals surface area contributed by atoms with Crippen molar-refractivity contribution >= 4 is 17.7 Å². The second kappa shape index (κ2) is 7.95. The summed E-state index contributed by atoms with van der Waals surface area (Å²) in [5.41, 5.74) is 7.24. The Bertz CT molecular complexity index is 897. The van der Waals surface area contributed by atoms with Gasteiger partial charge in [-0.2, -0.15) is 0 Å². The first-order chi connectivity index (χ1) is 12.5. The number of benzene rings is 2. The number of nitrogens with one attached hydrogen (secondary N) is 1. The zero-order chi connectivity index (χ0) is 20.5. The van der Waals surface area contributed by atoms with Crippen molar-refractivity contribution in [1.29, 1.82) is 0 Å². The maximum atomic E-state index is 14.9. The van der Waals surface area contributed by atoms with Gasteiger partial charge in [0.1, 0.15) is 5.82 Å². The third-order valence-electron chi connectivity index (χ3n) is 5.07. The van der Waals surface area contributed by atoms with E-state index in [1.807, 2.05) is 53.7 Å². The van der Waals surface area contributed by atoms with E-state index in [9.17, 15) is 14.3 Å². The number of rotatable bonds is 5. The van der Waals surface area contributed by atoms with Crippen LogP contribution in [0.25, 0.3) is 17.2 Å². The molecule has 0 unspecified atom stereocenters. The Morgan fingerprint density at radius 3 is 2.07 bits per heavy atom. The molecular weight excluding hydrogens is 341 g/mol. The Hall–Kier alpha value is -2.62. The maximum Gasteiger partial charge on any atom is 0.331 e. The van der Waals surface area contributed by atoms with Crippen LogP contribution in [0.1, 0.15) is 48.6 Å². The van der Waals surface area contributed by atoms with Crippen molar-refractivity contribution in [3.05, 3.63) is 57.4 Å². The highest BCUT2D eigenvalue weighted by Gasteiger charge is 2.18. The molecule has 0 aromatic heterocycles. The van der Waals surface area contributed by atoms with Crippen LogP contribution in [0, 0.1) is 33.5 Å². The van der Waals surface area contributed by atoms with Gasteiger partial charge in [0, 0.05) is 22.9 Å². The number of halogens is 1. The van der Waals surface area contributed by atoms with Crippen LogP contribution in [0.4, 0.5) is 10.1 Å². The maximum absolute atomic E-state index is 14.9. The van der Waals surface area contributed by atoms with Gasteiger partial charge in [0.15, 0.2) is 0 Å². The summed E-state index contributed by atoms with van der Waals surface area (Å²) in [7, 11) is 0. The minimum atomic E-state index is -0.938. The molecule has 0 radical (unpaired) electrons. The van der Waals surface area contributed by atoms with Crippen molar-refractivity contribution in [2.24, 2.45) is 0 Å². The fourth-order valence-electron chi connectivity index (χ4n) is 3.38. The van der Waals surface area contributed by atoms with Crippen LogP contribution in [-0.4, -0.2) is 17.1 Å². The number of anilines is 1. The van der Waals surface area contributed by atoms with E-state index in [0.717, 1.165) is 39.1 Å². The summed E-state index contributed by atoms with van der Waals surface area (Å²) in [6, 6.07) is 5.46. The zero-order valence-corrected chi connectivity index (χ0v) is 17.1. The van der Waals surface area contributed by atoms with Gasteiger partial charge in [0.05, 0.1) is 0 Å². The Kier molecular flexibility index (Phi) is 6.09. The largest absolute Gasteiger partial charge is 0.478 e. The van der Waals surface area contributed by atoms with Gasteiger partial charge in [-0.15, -0.1) is 0 Å². The summed E-state index contributed by atoms with van der Waals surface area (Å²) in [5, 5.41) is 12.4. The lowest BCUT2D eigenvalue weighted by atomic mass is 9.85. The molecule has 4 heteroatoms. The second-order valence-corrected chi connectivity index (χ2v) is 7.41. The van der Waals surface area contributed by atoms with Crippen LogP contribution >= 0.6 is 0 Å². The summed E-state index contributed by atoms with van der Waals surface area (Å²) in [5.74, 6) is -1.21. The van der Waals surface area contributed by atoms with Crippen molar-refractivity contribution in [2.75, 3.05) is 5.32 Å². The van der Waals surface area contributed by atoms with Crippen molar-refractivity contribution in [3.8, 4) is 11.1 Å². The van der Waals surface area contributed by atoms with E-state index in [2.05, 4.69) is 5.32 Å². The Labute approximate surface area is 160 Å². The van der Waals surface area contributed by atoms with E-state index in [1.165, 1.54) is 6.07 Å². The summed E-state index contributed by atoms with van der Waals surface area (Å²) in [6.45, 7) is 13.4. The average Bonchev–Trinajstić information content (AvgIpc) is 2.58. The third-order valence-corrected chi connectivity index (χ3v) is 5.07. The molecule has 0 spiro atoms. The minimum absolute atomic E-state index is 0.228. The Morgan fingerprint density at radius 2 is 1.63 bits per heavy atom. The molecule has 0 aliphatic carbocycles. The molecule has 27 heavy (non-hydrogen) atoms. The zero-order valence-electron chi connectivity index (χ0n) is 17.1. The van der Waals surface area contributed by atoms with Gasteiger partial charge in [0.2, 0.25) is 0 Å². The highest BCUT2D eigenvalue weighted by Crippen LogP contribution is 2.37. The van der Waals surface area contributed by atoms with E-state index in [0.29, 0.717) is 5.56 Å². The van der Waals surface area contributed by atoms with Crippen LogP contribution in [0.2, 0.25) is 0 Å². The van der Waals surface area contributed by atoms with Crippen LogP contribution in [-0.2, 0) is 4.79 Å². The van der Waals surface area contributed by atoms with Crippen LogP contribution < -0.4 is 5.32 Å². The Balaban J connectivity index is 2.67. The molecule has 0 saturated heterocycles. The molecule has 0 atom stereocenters. The lowest BCUT2D eigenvalue weighted by molar-refractivity contribution is -0.132. The molecule has 0 bridgehead atoms. The fraction of sp³-hybridized carbons (Fsp3) is 0.348. The highest BCUT2D eigenvalue weighted by atomic mass is 19.1. The first-order valence-electron chi connectivity index (χ1n) is 9.13.